The van der Waals surface area contributed by atoms with Crippen molar-refractivity contribution in [2.45, 2.75) is 39.3 Å². The monoisotopic (exact) mass is 346 g/mol. The van der Waals surface area contributed by atoms with Crippen molar-refractivity contribution in [1.82, 2.24) is 15.5 Å². The van der Waals surface area contributed by atoms with Crippen LogP contribution < -0.4 is 10.6 Å². The Labute approximate surface area is 152 Å². The average Bonchev–Trinajstić information content (AvgIpc) is 2.64. The van der Waals surface area contributed by atoms with Crippen molar-refractivity contribution in [2.24, 2.45) is 10.9 Å². The first-order valence-electron chi connectivity index (χ1n) is 9.44. The molecule has 5 heteroatoms. The van der Waals surface area contributed by atoms with Gasteiger partial charge in [-0.1, -0.05) is 44.2 Å². The lowest BCUT2D eigenvalue weighted by Gasteiger charge is -2.36. The molecule has 1 aromatic rings. The lowest BCUT2D eigenvalue weighted by Crippen LogP contribution is -2.51. The Morgan fingerprint density at radius 3 is 2.44 bits per heavy atom. The fraction of sp³-hybridized carbons (Fsp3) is 0.650. The molecule has 0 saturated carbocycles. The molecule has 2 N–H and O–H groups in total. The van der Waals surface area contributed by atoms with Gasteiger partial charge in [0.15, 0.2) is 5.96 Å². The van der Waals surface area contributed by atoms with Crippen molar-refractivity contribution in [2.75, 3.05) is 39.9 Å². The molecule has 1 saturated heterocycles. The summed E-state index contributed by atoms with van der Waals surface area (Å²) in [6.07, 6.45) is 1.18. The molecule has 25 heavy (non-hydrogen) atoms. The highest BCUT2D eigenvalue weighted by atomic mass is 16.5. The molecule has 0 amide bonds. The molecule has 5 nitrogen and oxygen atoms in total. The van der Waals surface area contributed by atoms with Gasteiger partial charge in [0, 0.05) is 32.7 Å². The van der Waals surface area contributed by atoms with Crippen LogP contribution in [-0.4, -0.2) is 56.8 Å². The Morgan fingerprint density at radius 2 is 1.84 bits per heavy atom. The third-order valence-corrected chi connectivity index (χ3v) is 4.69. The lowest BCUT2D eigenvalue weighted by atomic mass is 10.0. The number of rotatable bonds is 7. The van der Waals surface area contributed by atoms with Crippen molar-refractivity contribution >= 4 is 5.96 Å². The largest absolute Gasteiger partial charge is 0.379 e. The van der Waals surface area contributed by atoms with Crippen molar-refractivity contribution < 1.29 is 4.74 Å². The molecule has 1 fully saturated rings. The smallest absolute Gasteiger partial charge is 0.191 e. The van der Waals surface area contributed by atoms with E-state index in [0.29, 0.717) is 12.0 Å². The van der Waals surface area contributed by atoms with Gasteiger partial charge in [-0.2, -0.15) is 0 Å². The SMILES string of the molecule is CN=C(NCC(CC(C)C)N1CCOCC1)NC(C)c1ccccc1. The van der Waals surface area contributed by atoms with Crippen molar-refractivity contribution in [1.29, 1.82) is 0 Å². The summed E-state index contributed by atoms with van der Waals surface area (Å²) in [5.41, 5.74) is 1.26. The quantitative estimate of drug-likeness (QED) is 0.589. The second-order valence-corrected chi connectivity index (χ2v) is 7.16. The van der Waals surface area contributed by atoms with E-state index < -0.39 is 0 Å². The Bertz CT molecular complexity index is 512. The fourth-order valence-electron chi connectivity index (χ4n) is 3.29. The Balaban J connectivity index is 1.90. The molecule has 2 unspecified atom stereocenters. The number of hydrogen-bond donors (Lipinski definition) is 2. The number of ether oxygens (including phenoxy) is 1. The topological polar surface area (TPSA) is 48.9 Å². The van der Waals surface area contributed by atoms with Crippen LogP contribution in [0.4, 0.5) is 0 Å². The van der Waals surface area contributed by atoms with E-state index >= 15 is 0 Å². The Hall–Kier alpha value is -1.59. The highest BCUT2D eigenvalue weighted by Gasteiger charge is 2.22. The summed E-state index contributed by atoms with van der Waals surface area (Å²) in [4.78, 5) is 6.95. The van der Waals surface area contributed by atoms with E-state index in [2.05, 4.69) is 65.6 Å². The van der Waals surface area contributed by atoms with E-state index in [1.165, 1.54) is 12.0 Å². The number of morpholine rings is 1. The molecule has 0 aliphatic carbocycles. The van der Waals surface area contributed by atoms with Crippen LogP contribution in [0.3, 0.4) is 0 Å². The van der Waals surface area contributed by atoms with Crippen LogP contribution in [0.5, 0.6) is 0 Å². The Kier molecular flexibility index (Phi) is 8.22. The van der Waals surface area contributed by atoms with Gasteiger partial charge in [-0.15, -0.1) is 0 Å². The molecule has 1 aliphatic rings. The molecule has 0 spiro atoms. The molecule has 2 atom stereocenters. The zero-order valence-corrected chi connectivity index (χ0v) is 16.2. The van der Waals surface area contributed by atoms with Gasteiger partial charge in [0.25, 0.3) is 0 Å². The van der Waals surface area contributed by atoms with Crippen LogP contribution in [0.25, 0.3) is 0 Å². The van der Waals surface area contributed by atoms with Crippen LogP contribution in [0.1, 0.15) is 38.8 Å². The summed E-state index contributed by atoms with van der Waals surface area (Å²) < 4.78 is 5.51. The number of hydrogen-bond acceptors (Lipinski definition) is 3. The summed E-state index contributed by atoms with van der Waals surface area (Å²) >= 11 is 0. The summed E-state index contributed by atoms with van der Waals surface area (Å²) in [6.45, 7) is 11.4. The lowest BCUT2D eigenvalue weighted by molar-refractivity contribution is 0.0132. The molecule has 0 radical (unpaired) electrons. The number of guanidine groups is 1. The molecule has 1 heterocycles. The summed E-state index contributed by atoms with van der Waals surface area (Å²) in [6, 6.07) is 11.2. The number of benzene rings is 1. The van der Waals surface area contributed by atoms with Crippen LogP contribution in [-0.2, 0) is 4.74 Å². The van der Waals surface area contributed by atoms with E-state index in [4.69, 9.17) is 4.74 Å². The van der Waals surface area contributed by atoms with Crippen LogP contribution in [0.2, 0.25) is 0 Å². The fourth-order valence-corrected chi connectivity index (χ4v) is 3.29. The maximum absolute atomic E-state index is 5.51. The average molecular weight is 347 g/mol. The molecular formula is C20H34N4O. The first kappa shape index (κ1) is 19.7. The molecule has 140 valence electrons. The van der Waals surface area contributed by atoms with Gasteiger partial charge in [0.1, 0.15) is 0 Å². The Morgan fingerprint density at radius 1 is 1.16 bits per heavy atom. The summed E-state index contributed by atoms with van der Waals surface area (Å²) in [5.74, 6) is 1.53. The maximum atomic E-state index is 5.51. The molecule has 1 aromatic carbocycles. The van der Waals surface area contributed by atoms with E-state index in [0.717, 1.165) is 38.8 Å². The summed E-state index contributed by atoms with van der Waals surface area (Å²) in [5, 5.41) is 7.02. The van der Waals surface area contributed by atoms with E-state index in [9.17, 15) is 0 Å². The van der Waals surface area contributed by atoms with Gasteiger partial charge in [-0.25, -0.2) is 0 Å². The van der Waals surface area contributed by atoms with Crippen LogP contribution in [0, 0.1) is 5.92 Å². The minimum atomic E-state index is 0.222. The molecule has 2 rings (SSSR count). The van der Waals surface area contributed by atoms with Gasteiger partial charge in [0.2, 0.25) is 0 Å². The van der Waals surface area contributed by atoms with Crippen molar-refractivity contribution in [3.05, 3.63) is 35.9 Å². The third kappa shape index (κ3) is 6.67. The van der Waals surface area contributed by atoms with E-state index in [1.54, 1.807) is 0 Å². The van der Waals surface area contributed by atoms with E-state index in [1.807, 2.05) is 13.1 Å². The highest BCUT2D eigenvalue weighted by molar-refractivity contribution is 5.80. The minimum Gasteiger partial charge on any atom is -0.379 e. The van der Waals surface area contributed by atoms with Gasteiger partial charge in [-0.05, 0) is 24.8 Å². The zero-order chi connectivity index (χ0) is 18.1. The highest BCUT2D eigenvalue weighted by Crippen LogP contribution is 2.14. The number of aliphatic imine (C=N–C) groups is 1. The second kappa shape index (κ2) is 10.4. The van der Waals surface area contributed by atoms with Gasteiger partial charge in [0.05, 0.1) is 19.3 Å². The van der Waals surface area contributed by atoms with E-state index in [-0.39, 0.29) is 6.04 Å². The molecular weight excluding hydrogens is 312 g/mol. The summed E-state index contributed by atoms with van der Waals surface area (Å²) in [7, 11) is 1.83. The molecule has 0 bridgehead atoms. The van der Waals surface area contributed by atoms with Crippen molar-refractivity contribution in [3.63, 3.8) is 0 Å². The first-order chi connectivity index (χ1) is 12.1. The zero-order valence-electron chi connectivity index (χ0n) is 16.2. The molecule has 1 aliphatic heterocycles. The van der Waals surface area contributed by atoms with Gasteiger partial charge >= 0.3 is 0 Å². The van der Waals surface area contributed by atoms with Crippen molar-refractivity contribution in [3.8, 4) is 0 Å². The third-order valence-electron chi connectivity index (χ3n) is 4.69. The second-order valence-electron chi connectivity index (χ2n) is 7.16. The van der Waals surface area contributed by atoms with Gasteiger partial charge < -0.3 is 15.4 Å². The van der Waals surface area contributed by atoms with Gasteiger partial charge in [-0.3, -0.25) is 9.89 Å². The standard InChI is InChI=1S/C20H34N4O/c1-16(2)14-19(24-10-12-25-13-11-24)15-22-20(21-4)23-17(3)18-8-6-5-7-9-18/h5-9,16-17,19H,10-15H2,1-4H3,(H2,21,22,23). The predicted molar refractivity (Wildman–Crippen MR) is 105 cm³/mol. The number of nitrogens with zero attached hydrogens (tertiary/aromatic N) is 2. The van der Waals surface area contributed by atoms with Crippen LogP contribution >= 0.6 is 0 Å². The van der Waals surface area contributed by atoms with Crippen LogP contribution in [0.15, 0.2) is 35.3 Å². The molecule has 0 aromatic heterocycles. The number of nitrogens with one attached hydrogen (secondary N) is 2. The minimum absolute atomic E-state index is 0.222. The normalized spacial score (nSPS) is 18.8. The maximum Gasteiger partial charge on any atom is 0.191 e. The first-order valence-corrected chi connectivity index (χ1v) is 9.44. The predicted octanol–water partition coefficient (Wildman–Crippen LogP) is 2.66.